The number of carbonyl (C=O) groups is 1. The van der Waals surface area contributed by atoms with Crippen LogP contribution >= 0.6 is 0 Å². The molecule has 7 nitrogen and oxygen atoms in total. The molecular formula is C27H36N4O3. The van der Waals surface area contributed by atoms with Crippen molar-refractivity contribution in [2.24, 2.45) is 0 Å². The van der Waals surface area contributed by atoms with Gasteiger partial charge in [-0.1, -0.05) is 18.2 Å². The van der Waals surface area contributed by atoms with Crippen molar-refractivity contribution in [3.63, 3.8) is 0 Å². The second-order valence-electron chi connectivity index (χ2n) is 9.27. The van der Waals surface area contributed by atoms with Crippen molar-refractivity contribution in [1.29, 1.82) is 0 Å². The van der Waals surface area contributed by atoms with Crippen LogP contribution in [0.4, 0.5) is 5.69 Å². The molecule has 182 valence electrons. The number of aryl methyl sites for hydroxylation is 1. The highest BCUT2D eigenvalue weighted by molar-refractivity contribution is 5.97. The highest BCUT2D eigenvalue weighted by Gasteiger charge is 2.25. The van der Waals surface area contributed by atoms with Crippen molar-refractivity contribution in [2.45, 2.75) is 52.2 Å². The summed E-state index contributed by atoms with van der Waals surface area (Å²) in [7, 11) is 2.05. The van der Waals surface area contributed by atoms with Gasteiger partial charge in [-0.3, -0.25) is 14.5 Å². The molecule has 1 aromatic heterocycles. The molecule has 0 bridgehead atoms. The summed E-state index contributed by atoms with van der Waals surface area (Å²) in [5, 5.41) is 3.03. The van der Waals surface area contributed by atoms with Gasteiger partial charge >= 0.3 is 0 Å². The molecule has 2 aliphatic rings. The van der Waals surface area contributed by atoms with E-state index in [9.17, 15) is 9.59 Å². The number of nitrogens with zero attached hydrogens (tertiary/aromatic N) is 2. The Labute approximate surface area is 201 Å². The standard InChI is InChI=1S/C27H36N4O3/c1-4-31(21-11-14-34-15-12-21)25-10-7-9-23-22(25)8-5-6-13-30(3)18-20-16-19(2)29-27(33)24(20)17-28-26(23)32/h5-7,9-10,16,21H,4,8,11-15,17-18H2,1-3H3,(H,28,32)(H,29,33)/b6-5+. The minimum Gasteiger partial charge on any atom is -0.381 e. The van der Waals surface area contributed by atoms with Gasteiger partial charge in [-0.2, -0.15) is 0 Å². The van der Waals surface area contributed by atoms with Gasteiger partial charge in [-0.15, -0.1) is 0 Å². The molecule has 0 spiro atoms. The normalized spacial score (nSPS) is 19.1. The molecule has 34 heavy (non-hydrogen) atoms. The number of rotatable bonds is 3. The van der Waals surface area contributed by atoms with Gasteiger partial charge < -0.3 is 19.9 Å². The molecule has 2 aliphatic heterocycles. The van der Waals surface area contributed by atoms with Crippen LogP contribution in [0.3, 0.4) is 0 Å². The average molecular weight is 465 g/mol. The third kappa shape index (κ3) is 5.42. The molecule has 4 rings (SSSR count). The number of nitrogens with one attached hydrogen (secondary N) is 2. The van der Waals surface area contributed by atoms with Crippen LogP contribution in [0.25, 0.3) is 0 Å². The second-order valence-corrected chi connectivity index (χ2v) is 9.27. The smallest absolute Gasteiger partial charge is 0.253 e. The zero-order chi connectivity index (χ0) is 24.1. The highest BCUT2D eigenvalue weighted by Crippen LogP contribution is 2.30. The molecule has 0 unspecified atom stereocenters. The van der Waals surface area contributed by atoms with Crippen LogP contribution in [0.1, 0.15) is 52.5 Å². The number of fused-ring (bicyclic) bond motifs is 2. The molecule has 2 aromatic rings. The molecular weight excluding hydrogens is 428 g/mol. The molecule has 0 aliphatic carbocycles. The van der Waals surface area contributed by atoms with E-state index in [2.05, 4.69) is 45.2 Å². The zero-order valence-electron chi connectivity index (χ0n) is 20.5. The van der Waals surface area contributed by atoms with E-state index < -0.39 is 0 Å². The predicted molar refractivity (Wildman–Crippen MR) is 135 cm³/mol. The van der Waals surface area contributed by atoms with E-state index in [-0.39, 0.29) is 18.0 Å². The summed E-state index contributed by atoms with van der Waals surface area (Å²) in [4.78, 5) is 33.6. The molecule has 0 atom stereocenters. The SMILES string of the molecule is CCN(c1cccc2c1C/C=C/CN(C)Cc1cc(C)[nH]c(=O)c1CNC2=O)C1CCOCC1. The Morgan fingerprint density at radius 2 is 1.94 bits per heavy atom. The van der Waals surface area contributed by atoms with Crippen molar-refractivity contribution in [3.8, 4) is 0 Å². The minimum absolute atomic E-state index is 0.139. The largest absolute Gasteiger partial charge is 0.381 e. The minimum atomic E-state index is -0.146. The van der Waals surface area contributed by atoms with Gasteiger partial charge in [0, 0.05) is 67.9 Å². The molecule has 2 N–H and O–H groups in total. The van der Waals surface area contributed by atoms with Gasteiger partial charge in [0.1, 0.15) is 0 Å². The summed E-state index contributed by atoms with van der Waals surface area (Å²) in [6, 6.07) is 8.40. The third-order valence-corrected chi connectivity index (χ3v) is 6.81. The van der Waals surface area contributed by atoms with Crippen LogP contribution in [0.5, 0.6) is 0 Å². The topological polar surface area (TPSA) is 77.7 Å². The summed E-state index contributed by atoms with van der Waals surface area (Å²) < 4.78 is 5.59. The van der Waals surface area contributed by atoms with E-state index in [0.29, 0.717) is 30.1 Å². The number of carbonyl (C=O) groups excluding carboxylic acids is 1. The van der Waals surface area contributed by atoms with E-state index in [0.717, 1.165) is 61.7 Å². The lowest BCUT2D eigenvalue weighted by molar-refractivity contribution is 0.0845. The lowest BCUT2D eigenvalue weighted by Gasteiger charge is -2.37. The Morgan fingerprint density at radius 1 is 1.15 bits per heavy atom. The van der Waals surface area contributed by atoms with E-state index >= 15 is 0 Å². The number of benzene rings is 1. The number of aromatic amines is 1. The number of ether oxygens (including phenoxy) is 1. The molecule has 1 amide bonds. The monoisotopic (exact) mass is 464 g/mol. The van der Waals surface area contributed by atoms with Crippen molar-refractivity contribution in [2.75, 3.05) is 38.3 Å². The van der Waals surface area contributed by atoms with Crippen LogP contribution < -0.4 is 15.8 Å². The summed E-state index contributed by atoms with van der Waals surface area (Å²) in [6.45, 7) is 8.09. The number of H-pyrrole nitrogens is 1. The predicted octanol–water partition coefficient (Wildman–Crippen LogP) is 3.16. The van der Waals surface area contributed by atoms with Crippen molar-refractivity contribution in [1.82, 2.24) is 15.2 Å². The Morgan fingerprint density at radius 3 is 2.71 bits per heavy atom. The summed E-state index contributed by atoms with van der Waals surface area (Å²) in [6.07, 6.45) is 6.97. The molecule has 1 saturated heterocycles. The summed E-state index contributed by atoms with van der Waals surface area (Å²) in [5.74, 6) is -0.146. The number of amides is 1. The number of hydrogen-bond acceptors (Lipinski definition) is 5. The summed E-state index contributed by atoms with van der Waals surface area (Å²) >= 11 is 0. The number of hydrogen-bond donors (Lipinski definition) is 2. The van der Waals surface area contributed by atoms with Gasteiger partial charge in [0.05, 0.1) is 0 Å². The maximum Gasteiger partial charge on any atom is 0.253 e. The second kappa shape index (κ2) is 11.0. The fourth-order valence-corrected chi connectivity index (χ4v) is 5.09. The zero-order valence-corrected chi connectivity index (χ0v) is 20.5. The number of aromatic nitrogens is 1. The van der Waals surface area contributed by atoms with E-state index in [1.165, 1.54) is 0 Å². The Kier molecular flexibility index (Phi) is 7.85. The number of allylic oxidation sites excluding steroid dienone is 1. The molecule has 0 radical (unpaired) electrons. The molecule has 0 saturated carbocycles. The summed E-state index contributed by atoms with van der Waals surface area (Å²) in [5.41, 5.74) is 5.07. The fourth-order valence-electron chi connectivity index (χ4n) is 5.09. The van der Waals surface area contributed by atoms with Crippen LogP contribution in [0.2, 0.25) is 0 Å². The van der Waals surface area contributed by atoms with Gasteiger partial charge in [0.25, 0.3) is 11.5 Å². The Hall–Kier alpha value is -2.90. The van der Waals surface area contributed by atoms with Crippen LogP contribution in [-0.4, -0.2) is 55.2 Å². The van der Waals surface area contributed by atoms with E-state index in [1.54, 1.807) is 0 Å². The third-order valence-electron chi connectivity index (χ3n) is 6.81. The van der Waals surface area contributed by atoms with Crippen molar-refractivity contribution >= 4 is 11.6 Å². The first-order valence-corrected chi connectivity index (χ1v) is 12.3. The lowest BCUT2D eigenvalue weighted by Crippen LogP contribution is -2.40. The number of likely N-dealkylation sites (N-methyl/N-ethyl adjacent to an activating group) is 1. The average Bonchev–Trinajstić information content (AvgIpc) is 2.83. The van der Waals surface area contributed by atoms with Crippen molar-refractivity contribution in [3.05, 3.63) is 74.7 Å². The lowest BCUT2D eigenvalue weighted by atomic mass is 9.97. The Bertz CT molecular complexity index is 1100. The first-order chi connectivity index (χ1) is 16.5. The molecule has 3 heterocycles. The van der Waals surface area contributed by atoms with E-state index in [1.807, 2.05) is 32.2 Å². The molecule has 7 heteroatoms. The van der Waals surface area contributed by atoms with Gasteiger partial charge in [0.2, 0.25) is 0 Å². The van der Waals surface area contributed by atoms with Gasteiger partial charge in [-0.25, -0.2) is 0 Å². The molecule has 1 fully saturated rings. The fraction of sp³-hybridized carbons (Fsp3) is 0.481. The number of pyridine rings is 1. The first-order valence-electron chi connectivity index (χ1n) is 12.3. The van der Waals surface area contributed by atoms with Crippen LogP contribution in [-0.2, 0) is 24.2 Å². The van der Waals surface area contributed by atoms with Crippen molar-refractivity contribution < 1.29 is 9.53 Å². The maximum absolute atomic E-state index is 13.4. The van der Waals surface area contributed by atoms with Gasteiger partial charge in [-0.05, 0) is 69.5 Å². The highest BCUT2D eigenvalue weighted by atomic mass is 16.5. The number of anilines is 1. The van der Waals surface area contributed by atoms with Crippen LogP contribution in [0.15, 0.2) is 41.2 Å². The maximum atomic E-state index is 13.4. The van der Waals surface area contributed by atoms with Crippen LogP contribution in [0, 0.1) is 6.92 Å². The van der Waals surface area contributed by atoms with Gasteiger partial charge in [0.15, 0.2) is 0 Å². The first kappa shape index (κ1) is 24.2. The molecule has 1 aromatic carbocycles. The van der Waals surface area contributed by atoms with E-state index in [4.69, 9.17) is 4.74 Å². The Balaban J connectivity index is 1.73. The quantitative estimate of drug-likeness (QED) is 0.683.